The van der Waals surface area contributed by atoms with Gasteiger partial charge in [-0.25, -0.2) is 0 Å². The van der Waals surface area contributed by atoms with Gasteiger partial charge in [-0.1, -0.05) is 112 Å². The van der Waals surface area contributed by atoms with Crippen LogP contribution in [0.25, 0.3) is 0 Å². The number of hydrogen-bond acceptors (Lipinski definition) is 0. The molecule has 0 spiro atoms. The molecule has 27 heavy (non-hydrogen) atoms. The molecule has 0 heteroatoms. The zero-order chi connectivity index (χ0) is 20.6. The topological polar surface area (TPSA) is 0 Å². The minimum Gasteiger partial charge on any atom is -0.0620 e. The van der Waals surface area contributed by atoms with E-state index in [2.05, 4.69) is 112 Å². The molecular weight excluding hydrogens is 324 g/mol. The van der Waals surface area contributed by atoms with Crippen LogP contribution in [-0.4, -0.2) is 0 Å². The summed E-state index contributed by atoms with van der Waals surface area (Å²) in [6.07, 6.45) is 1.09. The smallest absolute Gasteiger partial charge is 0.0129 e. The average Bonchev–Trinajstić information content (AvgIpc) is 2.52. The lowest BCUT2D eigenvalue weighted by Crippen LogP contribution is -2.18. The van der Waals surface area contributed by atoms with Crippen molar-refractivity contribution in [3.05, 3.63) is 70.3 Å². The van der Waals surface area contributed by atoms with E-state index in [0.717, 1.165) is 6.42 Å². The van der Waals surface area contributed by atoms with Crippen LogP contribution in [0.3, 0.4) is 0 Å². The summed E-state index contributed by atoms with van der Waals surface area (Å²) in [6, 6.07) is 16.3. The van der Waals surface area contributed by atoms with E-state index in [-0.39, 0.29) is 16.2 Å². The lowest BCUT2D eigenvalue weighted by atomic mass is 9.76. The molecule has 0 radical (unpaired) electrons. The Morgan fingerprint density at radius 1 is 0.667 bits per heavy atom. The highest BCUT2D eigenvalue weighted by molar-refractivity contribution is 5.40. The van der Waals surface area contributed by atoms with E-state index in [4.69, 9.17) is 0 Å². The standard InChI is InChI=1S/C27H40/c1-19(15-20-13-11-12-14-24(20)27(8,9)10)21-16-22(25(2,3)4)18-23(17-21)26(5,6)7/h11-14,16-19H,15H2,1-10H3. The molecule has 1 atom stereocenters. The lowest BCUT2D eigenvalue weighted by molar-refractivity contribution is 0.563. The predicted molar refractivity (Wildman–Crippen MR) is 121 cm³/mol. The van der Waals surface area contributed by atoms with E-state index in [9.17, 15) is 0 Å². The van der Waals surface area contributed by atoms with Crippen molar-refractivity contribution in [2.75, 3.05) is 0 Å². The molecule has 0 saturated carbocycles. The first kappa shape index (κ1) is 21.7. The van der Waals surface area contributed by atoms with Gasteiger partial charge in [0.25, 0.3) is 0 Å². The van der Waals surface area contributed by atoms with Crippen LogP contribution in [0.5, 0.6) is 0 Å². The first-order valence-electron chi connectivity index (χ1n) is 10.4. The Morgan fingerprint density at radius 2 is 1.15 bits per heavy atom. The van der Waals surface area contributed by atoms with Gasteiger partial charge in [0.15, 0.2) is 0 Å². The monoisotopic (exact) mass is 364 g/mol. The van der Waals surface area contributed by atoms with Gasteiger partial charge in [-0.3, -0.25) is 0 Å². The van der Waals surface area contributed by atoms with Crippen molar-refractivity contribution < 1.29 is 0 Å². The zero-order valence-corrected chi connectivity index (χ0v) is 19.3. The van der Waals surface area contributed by atoms with Crippen LogP contribution >= 0.6 is 0 Å². The van der Waals surface area contributed by atoms with Crippen molar-refractivity contribution >= 4 is 0 Å². The number of hydrogen-bond donors (Lipinski definition) is 0. The molecule has 0 aliphatic carbocycles. The minimum atomic E-state index is 0.166. The minimum absolute atomic E-state index is 0.166. The highest BCUT2D eigenvalue weighted by Gasteiger charge is 2.23. The van der Waals surface area contributed by atoms with Gasteiger partial charge < -0.3 is 0 Å². The van der Waals surface area contributed by atoms with Gasteiger partial charge in [0.05, 0.1) is 0 Å². The molecule has 148 valence electrons. The summed E-state index contributed by atoms with van der Waals surface area (Å²) in [5.74, 6) is 0.497. The van der Waals surface area contributed by atoms with Gasteiger partial charge in [0, 0.05) is 0 Å². The van der Waals surface area contributed by atoms with Gasteiger partial charge in [-0.15, -0.1) is 0 Å². The van der Waals surface area contributed by atoms with Crippen LogP contribution in [0.15, 0.2) is 42.5 Å². The normalized spacial score (nSPS) is 14.3. The predicted octanol–water partition coefficient (Wildman–Crippen LogP) is 7.93. The summed E-state index contributed by atoms with van der Waals surface area (Å²) >= 11 is 0. The summed E-state index contributed by atoms with van der Waals surface area (Å²) in [5.41, 5.74) is 7.83. The molecule has 0 aliphatic rings. The Morgan fingerprint density at radius 3 is 1.59 bits per heavy atom. The third-order valence-electron chi connectivity index (χ3n) is 5.61. The van der Waals surface area contributed by atoms with Crippen LogP contribution < -0.4 is 0 Å². The van der Waals surface area contributed by atoms with Gasteiger partial charge in [-0.05, 0) is 56.4 Å². The second-order valence-corrected chi connectivity index (χ2v) is 11.4. The third kappa shape index (κ3) is 5.47. The fourth-order valence-electron chi connectivity index (χ4n) is 3.68. The van der Waals surface area contributed by atoms with Gasteiger partial charge in [0.1, 0.15) is 0 Å². The summed E-state index contributed by atoms with van der Waals surface area (Å²) in [4.78, 5) is 0. The van der Waals surface area contributed by atoms with E-state index in [1.807, 2.05) is 0 Å². The van der Waals surface area contributed by atoms with E-state index in [0.29, 0.717) is 5.92 Å². The van der Waals surface area contributed by atoms with Gasteiger partial charge >= 0.3 is 0 Å². The van der Waals surface area contributed by atoms with Gasteiger partial charge in [-0.2, -0.15) is 0 Å². The Labute approximate surface area is 168 Å². The van der Waals surface area contributed by atoms with Crippen molar-refractivity contribution in [2.24, 2.45) is 0 Å². The van der Waals surface area contributed by atoms with Crippen molar-refractivity contribution in [2.45, 2.75) is 97.8 Å². The van der Waals surface area contributed by atoms with Crippen LogP contribution in [0.1, 0.15) is 103 Å². The van der Waals surface area contributed by atoms with Crippen LogP contribution in [-0.2, 0) is 22.7 Å². The van der Waals surface area contributed by atoms with Crippen molar-refractivity contribution in [3.8, 4) is 0 Å². The molecule has 1 unspecified atom stereocenters. The van der Waals surface area contributed by atoms with Crippen LogP contribution in [0.4, 0.5) is 0 Å². The molecule has 0 bridgehead atoms. The Hall–Kier alpha value is -1.56. The SMILES string of the molecule is CC(Cc1ccccc1C(C)(C)C)c1cc(C(C)(C)C)cc(C(C)(C)C)c1. The fraction of sp³-hybridized carbons (Fsp3) is 0.556. The van der Waals surface area contributed by atoms with Gasteiger partial charge in [0.2, 0.25) is 0 Å². The maximum Gasteiger partial charge on any atom is -0.0129 e. The second kappa shape index (κ2) is 7.46. The largest absolute Gasteiger partial charge is 0.0620 e. The molecule has 0 saturated heterocycles. The summed E-state index contributed by atoms with van der Waals surface area (Å²) in [5, 5.41) is 0. The third-order valence-corrected chi connectivity index (χ3v) is 5.61. The summed E-state index contributed by atoms with van der Waals surface area (Å²) in [6.45, 7) is 23.2. The molecule has 0 aromatic heterocycles. The summed E-state index contributed by atoms with van der Waals surface area (Å²) in [7, 11) is 0. The second-order valence-electron chi connectivity index (χ2n) is 11.4. The molecule has 0 amide bonds. The Bertz CT molecular complexity index is 741. The van der Waals surface area contributed by atoms with E-state index in [1.165, 1.54) is 27.8 Å². The van der Waals surface area contributed by atoms with Crippen LogP contribution in [0.2, 0.25) is 0 Å². The molecule has 0 heterocycles. The highest BCUT2D eigenvalue weighted by atomic mass is 14.3. The first-order valence-corrected chi connectivity index (χ1v) is 10.4. The lowest BCUT2D eigenvalue weighted by Gasteiger charge is -2.28. The first-order chi connectivity index (χ1) is 12.2. The molecule has 2 aromatic carbocycles. The molecule has 0 fully saturated rings. The summed E-state index contributed by atoms with van der Waals surface area (Å²) < 4.78 is 0. The van der Waals surface area contributed by atoms with E-state index in [1.54, 1.807) is 0 Å². The molecule has 0 N–H and O–H groups in total. The maximum atomic E-state index is 2.44. The maximum absolute atomic E-state index is 2.44. The molecule has 2 aromatic rings. The molecular formula is C27H40. The van der Waals surface area contributed by atoms with Crippen molar-refractivity contribution in [1.29, 1.82) is 0 Å². The molecule has 0 nitrogen and oxygen atoms in total. The molecule has 2 rings (SSSR count). The average molecular weight is 365 g/mol. The highest BCUT2D eigenvalue weighted by Crippen LogP contribution is 2.35. The van der Waals surface area contributed by atoms with Crippen molar-refractivity contribution in [1.82, 2.24) is 0 Å². The number of benzene rings is 2. The fourth-order valence-corrected chi connectivity index (χ4v) is 3.68. The Kier molecular flexibility index (Phi) is 6.00. The van der Waals surface area contributed by atoms with Crippen molar-refractivity contribution in [3.63, 3.8) is 0 Å². The zero-order valence-electron chi connectivity index (χ0n) is 19.3. The quantitative estimate of drug-likeness (QED) is 0.518. The number of rotatable bonds is 3. The Balaban J connectivity index is 2.47. The van der Waals surface area contributed by atoms with Crippen LogP contribution in [0, 0.1) is 0 Å². The molecule has 0 aliphatic heterocycles. The van der Waals surface area contributed by atoms with E-state index < -0.39 is 0 Å². The van der Waals surface area contributed by atoms with E-state index >= 15 is 0 Å².